The van der Waals surface area contributed by atoms with Gasteiger partial charge in [0.1, 0.15) is 29.5 Å². The van der Waals surface area contributed by atoms with Crippen molar-refractivity contribution in [3.8, 4) is 11.5 Å². The Kier molecular flexibility index (Phi) is 4.81. The Bertz CT molecular complexity index is 594. The van der Waals surface area contributed by atoms with Crippen molar-refractivity contribution in [3.63, 3.8) is 0 Å². The molecule has 0 aliphatic carbocycles. The van der Waals surface area contributed by atoms with Gasteiger partial charge in [-0.25, -0.2) is 9.97 Å². The molecule has 1 heterocycles. The number of benzene rings is 1. The Morgan fingerprint density at radius 3 is 2.14 bits per heavy atom. The Labute approximate surface area is 124 Å². The quantitative estimate of drug-likeness (QED) is 0.852. The number of rotatable bonds is 6. The molecule has 0 radical (unpaired) electrons. The van der Waals surface area contributed by atoms with E-state index in [2.05, 4.69) is 27.5 Å². The SMILES string of the molecule is CCc1c(NC)ncnc1Nc1cc(OC)cc(OC)c1. The molecule has 0 aliphatic rings. The predicted molar refractivity (Wildman–Crippen MR) is 83.8 cm³/mol. The van der Waals surface area contributed by atoms with E-state index in [1.807, 2.05) is 25.2 Å². The van der Waals surface area contributed by atoms with Crippen molar-refractivity contribution in [2.75, 3.05) is 31.9 Å². The van der Waals surface area contributed by atoms with Crippen molar-refractivity contribution >= 4 is 17.3 Å². The number of nitrogens with one attached hydrogen (secondary N) is 2. The summed E-state index contributed by atoms with van der Waals surface area (Å²) in [7, 11) is 5.10. The first-order valence-electron chi connectivity index (χ1n) is 6.73. The summed E-state index contributed by atoms with van der Waals surface area (Å²) in [5.74, 6) is 3.03. The Morgan fingerprint density at radius 2 is 1.62 bits per heavy atom. The summed E-state index contributed by atoms with van der Waals surface area (Å²) in [5.41, 5.74) is 1.88. The van der Waals surface area contributed by atoms with E-state index in [0.29, 0.717) is 0 Å². The highest BCUT2D eigenvalue weighted by molar-refractivity contribution is 5.67. The average Bonchev–Trinajstić information content (AvgIpc) is 2.54. The maximum Gasteiger partial charge on any atom is 0.139 e. The van der Waals surface area contributed by atoms with Gasteiger partial charge in [-0.2, -0.15) is 0 Å². The fraction of sp³-hybridized carbons (Fsp3) is 0.333. The van der Waals surface area contributed by atoms with Crippen molar-refractivity contribution in [1.82, 2.24) is 9.97 Å². The van der Waals surface area contributed by atoms with Gasteiger partial charge in [0.2, 0.25) is 0 Å². The molecule has 0 unspecified atom stereocenters. The number of hydrogen-bond acceptors (Lipinski definition) is 6. The van der Waals surface area contributed by atoms with E-state index in [1.165, 1.54) is 6.33 Å². The minimum absolute atomic E-state index is 0.720. The lowest BCUT2D eigenvalue weighted by atomic mass is 10.2. The standard InChI is InChI=1S/C15H20N4O2/c1-5-13-14(16-2)17-9-18-15(13)19-10-6-11(20-3)8-12(7-10)21-4/h6-9H,5H2,1-4H3,(H2,16,17,18,19). The van der Waals surface area contributed by atoms with E-state index in [4.69, 9.17) is 9.47 Å². The van der Waals surface area contributed by atoms with Gasteiger partial charge in [0.15, 0.2) is 0 Å². The van der Waals surface area contributed by atoms with Crippen LogP contribution in [0.5, 0.6) is 11.5 Å². The molecule has 0 atom stereocenters. The zero-order valence-corrected chi connectivity index (χ0v) is 12.7. The minimum atomic E-state index is 0.720. The van der Waals surface area contributed by atoms with Gasteiger partial charge in [-0.3, -0.25) is 0 Å². The summed E-state index contributed by atoms with van der Waals surface area (Å²) in [6.45, 7) is 2.07. The first-order chi connectivity index (χ1) is 10.2. The van der Waals surface area contributed by atoms with Crippen LogP contribution in [0.1, 0.15) is 12.5 Å². The normalized spacial score (nSPS) is 10.1. The summed E-state index contributed by atoms with van der Waals surface area (Å²) < 4.78 is 10.5. The van der Waals surface area contributed by atoms with Crippen molar-refractivity contribution in [1.29, 1.82) is 0 Å². The van der Waals surface area contributed by atoms with E-state index < -0.39 is 0 Å². The van der Waals surface area contributed by atoms with E-state index in [9.17, 15) is 0 Å². The van der Waals surface area contributed by atoms with E-state index in [1.54, 1.807) is 14.2 Å². The molecule has 0 fully saturated rings. The van der Waals surface area contributed by atoms with Gasteiger partial charge in [-0.05, 0) is 6.42 Å². The highest BCUT2D eigenvalue weighted by atomic mass is 16.5. The Morgan fingerprint density at radius 1 is 1.00 bits per heavy atom. The molecule has 6 heteroatoms. The van der Waals surface area contributed by atoms with Crippen LogP contribution in [0.4, 0.5) is 17.3 Å². The van der Waals surface area contributed by atoms with Crippen molar-refractivity contribution in [3.05, 3.63) is 30.1 Å². The lowest BCUT2D eigenvalue weighted by molar-refractivity contribution is 0.395. The lowest BCUT2D eigenvalue weighted by Crippen LogP contribution is -2.05. The van der Waals surface area contributed by atoms with Crippen LogP contribution in [0.25, 0.3) is 0 Å². The molecule has 0 amide bonds. The first-order valence-corrected chi connectivity index (χ1v) is 6.73. The summed E-state index contributed by atoms with van der Waals surface area (Å²) in [6.07, 6.45) is 2.35. The van der Waals surface area contributed by atoms with Crippen LogP contribution in [0.3, 0.4) is 0 Å². The summed E-state index contributed by atoms with van der Waals surface area (Å²) in [5, 5.41) is 6.37. The van der Waals surface area contributed by atoms with Crippen LogP contribution in [0.2, 0.25) is 0 Å². The molecule has 0 bridgehead atoms. The zero-order valence-electron chi connectivity index (χ0n) is 12.7. The Hall–Kier alpha value is -2.50. The maximum atomic E-state index is 5.27. The molecule has 2 rings (SSSR count). The second-order valence-electron chi connectivity index (χ2n) is 4.38. The van der Waals surface area contributed by atoms with Crippen LogP contribution in [-0.4, -0.2) is 31.2 Å². The molecule has 112 valence electrons. The molecule has 6 nitrogen and oxygen atoms in total. The molecule has 21 heavy (non-hydrogen) atoms. The highest BCUT2D eigenvalue weighted by Crippen LogP contribution is 2.29. The van der Waals surface area contributed by atoms with Gasteiger partial charge in [-0.1, -0.05) is 6.92 Å². The van der Waals surface area contributed by atoms with Crippen LogP contribution < -0.4 is 20.1 Å². The van der Waals surface area contributed by atoms with Crippen LogP contribution in [0, 0.1) is 0 Å². The maximum absolute atomic E-state index is 5.27. The van der Waals surface area contributed by atoms with Crippen LogP contribution in [0.15, 0.2) is 24.5 Å². The lowest BCUT2D eigenvalue weighted by Gasteiger charge is -2.14. The predicted octanol–water partition coefficient (Wildman–Crippen LogP) is 2.84. The second-order valence-corrected chi connectivity index (χ2v) is 4.38. The fourth-order valence-electron chi connectivity index (χ4n) is 2.09. The Balaban J connectivity index is 2.38. The molecule has 2 N–H and O–H groups in total. The third kappa shape index (κ3) is 3.34. The van der Waals surface area contributed by atoms with Crippen LogP contribution in [-0.2, 0) is 6.42 Å². The molecular formula is C15H20N4O2. The van der Waals surface area contributed by atoms with Gasteiger partial charge in [0.25, 0.3) is 0 Å². The topological polar surface area (TPSA) is 68.3 Å². The molecule has 0 saturated carbocycles. The number of methoxy groups -OCH3 is 2. The number of ether oxygens (including phenoxy) is 2. The van der Waals surface area contributed by atoms with Crippen LogP contribution >= 0.6 is 0 Å². The third-order valence-electron chi connectivity index (χ3n) is 3.15. The van der Waals surface area contributed by atoms with Gasteiger partial charge < -0.3 is 20.1 Å². The number of nitrogens with zero attached hydrogens (tertiary/aromatic N) is 2. The summed E-state index contributed by atoms with van der Waals surface area (Å²) >= 11 is 0. The van der Waals surface area contributed by atoms with Crippen molar-refractivity contribution in [2.45, 2.75) is 13.3 Å². The van der Waals surface area contributed by atoms with Crippen molar-refractivity contribution in [2.24, 2.45) is 0 Å². The van der Waals surface area contributed by atoms with Gasteiger partial charge >= 0.3 is 0 Å². The monoisotopic (exact) mass is 288 g/mol. The molecule has 0 spiro atoms. The minimum Gasteiger partial charge on any atom is -0.497 e. The van der Waals surface area contributed by atoms with E-state index in [0.717, 1.165) is 40.8 Å². The highest BCUT2D eigenvalue weighted by Gasteiger charge is 2.10. The van der Waals surface area contributed by atoms with Gasteiger partial charge in [-0.15, -0.1) is 0 Å². The smallest absolute Gasteiger partial charge is 0.139 e. The van der Waals surface area contributed by atoms with Gasteiger partial charge in [0.05, 0.1) is 14.2 Å². The largest absolute Gasteiger partial charge is 0.497 e. The summed E-state index contributed by atoms with van der Waals surface area (Å²) in [4.78, 5) is 8.55. The molecule has 1 aromatic carbocycles. The number of anilines is 3. The zero-order chi connectivity index (χ0) is 15.2. The number of aromatic nitrogens is 2. The fourth-order valence-corrected chi connectivity index (χ4v) is 2.09. The second kappa shape index (κ2) is 6.78. The number of hydrogen-bond donors (Lipinski definition) is 2. The molecule has 1 aromatic heterocycles. The summed E-state index contributed by atoms with van der Waals surface area (Å²) in [6, 6.07) is 5.61. The van der Waals surface area contributed by atoms with E-state index >= 15 is 0 Å². The first kappa shape index (κ1) is 14.9. The van der Waals surface area contributed by atoms with Crippen molar-refractivity contribution < 1.29 is 9.47 Å². The van der Waals surface area contributed by atoms with E-state index in [-0.39, 0.29) is 0 Å². The third-order valence-corrected chi connectivity index (χ3v) is 3.15. The average molecular weight is 288 g/mol. The molecule has 2 aromatic rings. The van der Waals surface area contributed by atoms with Gasteiger partial charge in [0, 0.05) is 36.5 Å². The molecule has 0 aliphatic heterocycles. The molecule has 0 saturated heterocycles. The molecular weight excluding hydrogens is 268 g/mol.